The highest BCUT2D eigenvalue weighted by atomic mass is 16.4. The van der Waals surface area contributed by atoms with E-state index in [0.29, 0.717) is 12.5 Å². The summed E-state index contributed by atoms with van der Waals surface area (Å²) in [6, 6.07) is 8.16. The van der Waals surface area contributed by atoms with Crippen LogP contribution < -0.4 is 0 Å². The van der Waals surface area contributed by atoms with E-state index < -0.39 is 5.97 Å². The maximum atomic E-state index is 11.0. The smallest absolute Gasteiger partial charge is 0.317 e. The molecule has 4 nitrogen and oxygen atoms in total. The van der Waals surface area contributed by atoms with Gasteiger partial charge >= 0.3 is 5.97 Å². The number of aliphatic carboxylic acids is 1. The number of nitrogens with zero attached hydrogens (tertiary/aromatic N) is 1. The quantitative estimate of drug-likeness (QED) is 0.851. The van der Waals surface area contributed by atoms with Gasteiger partial charge in [-0.25, -0.2) is 0 Å². The number of carboxylic acid groups (broad SMARTS) is 1. The maximum absolute atomic E-state index is 11.0. The highest BCUT2D eigenvalue weighted by Gasteiger charge is 2.16. The molecule has 1 aromatic carbocycles. The zero-order chi connectivity index (χ0) is 14.7. The summed E-state index contributed by atoms with van der Waals surface area (Å²) in [4.78, 5) is 16.4. The molecule has 0 aliphatic carbocycles. The van der Waals surface area contributed by atoms with Crippen LogP contribution in [0.15, 0.2) is 24.3 Å². The second-order valence-electron chi connectivity index (χ2n) is 5.73. The van der Waals surface area contributed by atoms with Gasteiger partial charge in [-0.2, -0.15) is 0 Å². The van der Waals surface area contributed by atoms with Crippen molar-refractivity contribution in [3.8, 4) is 0 Å². The number of rotatable bonds is 6. The monoisotopic (exact) mass is 274 g/mol. The molecule has 1 heterocycles. The summed E-state index contributed by atoms with van der Waals surface area (Å²) in [6.45, 7) is 7.79. The highest BCUT2D eigenvalue weighted by molar-refractivity contribution is 5.84. The maximum Gasteiger partial charge on any atom is 0.317 e. The van der Waals surface area contributed by atoms with Crippen molar-refractivity contribution in [2.75, 3.05) is 13.1 Å². The number of aromatic nitrogens is 1. The average molecular weight is 274 g/mol. The van der Waals surface area contributed by atoms with E-state index >= 15 is 0 Å². The molecule has 0 spiro atoms. The number of carbonyl (C=O) groups is 1. The van der Waals surface area contributed by atoms with Crippen LogP contribution in [0.2, 0.25) is 0 Å². The highest BCUT2D eigenvalue weighted by Crippen LogP contribution is 2.23. The van der Waals surface area contributed by atoms with Gasteiger partial charge in [0.05, 0.1) is 6.54 Å². The number of benzene rings is 1. The molecule has 0 unspecified atom stereocenters. The number of para-hydroxylation sites is 1. The lowest BCUT2D eigenvalue weighted by Gasteiger charge is -2.22. The van der Waals surface area contributed by atoms with E-state index in [4.69, 9.17) is 5.11 Å². The molecule has 0 saturated carbocycles. The summed E-state index contributed by atoms with van der Waals surface area (Å²) in [7, 11) is 0. The number of nitrogens with one attached hydrogen (secondary N) is 1. The first-order valence-corrected chi connectivity index (χ1v) is 6.97. The molecular formula is C16H22N2O2. The van der Waals surface area contributed by atoms with Crippen LogP contribution >= 0.6 is 0 Å². The zero-order valence-corrected chi connectivity index (χ0v) is 12.3. The SMILES string of the molecule is Cc1[nH]c2ccccc2c1CN(CC(=O)O)CC(C)C. The summed E-state index contributed by atoms with van der Waals surface area (Å²) >= 11 is 0. The number of carboxylic acids is 1. The molecule has 0 saturated heterocycles. The Morgan fingerprint density at radius 1 is 1.35 bits per heavy atom. The molecule has 20 heavy (non-hydrogen) atoms. The van der Waals surface area contributed by atoms with Crippen LogP contribution in [0.5, 0.6) is 0 Å². The fourth-order valence-corrected chi connectivity index (χ4v) is 2.65. The predicted molar refractivity (Wildman–Crippen MR) is 80.8 cm³/mol. The zero-order valence-electron chi connectivity index (χ0n) is 12.3. The van der Waals surface area contributed by atoms with Gasteiger partial charge in [-0.1, -0.05) is 32.0 Å². The fourth-order valence-electron chi connectivity index (χ4n) is 2.65. The molecule has 0 atom stereocenters. The number of aryl methyl sites for hydroxylation is 1. The molecule has 2 aromatic rings. The van der Waals surface area contributed by atoms with Crippen LogP contribution in [0.4, 0.5) is 0 Å². The number of hydrogen-bond donors (Lipinski definition) is 2. The van der Waals surface area contributed by atoms with Crippen LogP contribution in [-0.4, -0.2) is 34.0 Å². The lowest BCUT2D eigenvalue weighted by Crippen LogP contribution is -2.32. The molecular weight excluding hydrogens is 252 g/mol. The van der Waals surface area contributed by atoms with Crippen LogP contribution in [0.25, 0.3) is 10.9 Å². The largest absolute Gasteiger partial charge is 0.480 e. The van der Waals surface area contributed by atoms with Gasteiger partial charge in [-0.3, -0.25) is 9.69 Å². The van der Waals surface area contributed by atoms with Gasteiger partial charge in [0.15, 0.2) is 0 Å². The summed E-state index contributed by atoms with van der Waals surface area (Å²) in [5.41, 5.74) is 3.42. The van der Waals surface area contributed by atoms with Gasteiger partial charge < -0.3 is 10.1 Å². The van der Waals surface area contributed by atoms with Crippen LogP contribution in [-0.2, 0) is 11.3 Å². The van der Waals surface area contributed by atoms with Crippen LogP contribution in [0.1, 0.15) is 25.1 Å². The lowest BCUT2D eigenvalue weighted by molar-refractivity contribution is -0.138. The van der Waals surface area contributed by atoms with E-state index in [0.717, 1.165) is 17.8 Å². The summed E-state index contributed by atoms with van der Waals surface area (Å²) in [5, 5.41) is 10.2. The Morgan fingerprint density at radius 2 is 2.05 bits per heavy atom. The van der Waals surface area contributed by atoms with Gasteiger partial charge in [-0.15, -0.1) is 0 Å². The van der Waals surface area contributed by atoms with Crippen molar-refractivity contribution in [2.45, 2.75) is 27.3 Å². The van der Waals surface area contributed by atoms with E-state index in [1.54, 1.807) is 0 Å². The molecule has 0 radical (unpaired) electrons. The number of H-pyrrole nitrogens is 1. The van der Waals surface area contributed by atoms with E-state index in [2.05, 4.69) is 31.0 Å². The Morgan fingerprint density at radius 3 is 2.70 bits per heavy atom. The Balaban J connectivity index is 2.27. The first-order valence-electron chi connectivity index (χ1n) is 6.97. The van der Waals surface area contributed by atoms with Crippen molar-refractivity contribution >= 4 is 16.9 Å². The third-order valence-corrected chi connectivity index (χ3v) is 3.39. The minimum atomic E-state index is -0.775. The molecule has 2 N–H and O–H groups in total. The van der Waals surface area contributed by atoms with Crippen molar-refractivity contribution < 1.29 is 9.90 Å². The number of aromatic amines is 1. The molecule has 4 heteroatoms. The van der Waals surface area contributed by atoms with E-state index in [9.17, 15) is 4.79 Å². The Bertz CT molecular complexity index is 602. The second kappa shape index (κ2) is 6.09. The van der Waals surface area contributed by atoms with Gasteiger partial charge in [-0.05, 0) is 24.5 Å². The lowest BCUT2D eigenvalue weighted by atomic mass is 10.1. The normalized spacial score (nSPS) is 11.7. The van der Waals surface area contributed by atoms with Crippen molar-refractivity contribution in [1.82, 2.24) is 9.88 Å². The first kappa shape index (κ1) is 14.6. The first-order chi connectivity index (χ1) is 9.47. The molecule has 108 valence electrons. The summed E-state index contributed by atoms with van der Waals surface area (Å²) in [6.07, 6.45) is 0. The standard InChI is InChI=1S/C16H22N2O2/c1-11(2)8-18(10-16(19)20)9-14-12(3)17-15-7-5-4-6-13(14)15/h4-7,11,17H,8-10H2,1-3H3,(H,19,20). The third-order valence-electron chi connectivity index (χ3n) is 3.39. The van der Waals surface area contributed by atoms with Crippen molar-refractivity contribution in [2.24, 2.45) is 5.92 Å². The summed E-state index contributed by atoms with van der Waals surface area (Å²) in [5.74, 6) is -0.331. The second-order valence-corrected chi connectivity index (χ2v) is 5.73. The minimum Gasteiger partial charge on any atom is -0.480 e. The Hall–Kier alpha value is -1.81. The fraction of sp³-hybridized carbons (Fsp3) is 0.438. The molecule has 0 aliphatic rings. The van der Waals surface area contributed by atoms with Crippen LogP contribution in [0, 0.1) is 12.8 Å². The van der Waals surface area contributed by atoms with Gasteiger partial charge in [0.25, 0.3) is 0 Å². The topological polar surface area (TPSA) is 56.3 Å². The van der Waals surface area contributed by atoms with E-state index in [-0.39, 0.29) is 6.54 Å². The van der Waals surface area contributed by atoms with E-state index in [1.807, 2.05) is 24.0 Å². The van der Waals surface area contributed by atoms with Crippen molar-refractivity contribution in [1.29, 1.82) is 0 Å². The molecule has 0 amide bonds. The molecule has 0 bridgehead atoms. The summed E-state index contributed by atoms with van der Waals surface area (Å²) < 4.78 is 0. The molecule has 1 aromatic heterocycles. The van der Waals surface area contributed by atoms with Gasteiger partial charge in [0.2, 0.25) is 0 Å². The van der Waals surface area contributed by atoms with Crippen molar-refractivity contribution in [3.05, 3.63) is 35.5 Å². The molecule has 0 aliphatic heterocycles. The number of hydrogen-bond acceptors (Lipinski definition) is 2. The van der Waals surface area contributed by atoms with Gasteiger partial charge in [0.1, 0.15) is 0 Å². The van der Waals surface area contributed by atoms with E-state index in [1.165, 1.54) is 10.9 Å². The Kier molecular flexibility index (Phi) is 4.45. The Labute approximate surface area is 119 Å². The third kappa shape index (κ3) is 3.39. The van der Waals surface area contributed by atoms with Crippen molar-refractivity contribution in [3.63, 3.8) is 0 Å². The van der Waals surface area contributed by atoms with Gasteiger partial charge in [0, 0.05) is 29.7 Å². The number of fused-ring (bicyclic) bond motifs is 1. The average Bonchev–Trinajstić information content (AvgIpc) is 2.64. The molecule has 2 rings (SSSR count). The molecule has 0 fully saturated rings. The predicted octanol–water partition coefficient (Wildman–Crippen LogP) is 3.02. The minimum absolute atomic E-state index is 0.0805. The van der Waals surface area contributed by atoms with Crippen LogP contribution in [0.3, 0.4) is 0 Å².